The third kappa shape index (κ3) is 7.34. The number of hydrogen-bond acceptors (Lipinski definition) is 5. The molecule has 0 aliphatic carbocycles. The summed E-state index contributed by atoms with van der Waals surface area (Å²) in [6, 6.07) is 12.6. The van der Waals surface area contributed by atoms with E-state index in [1.165, 1.54) is 36.5 Å². The van der Waals surface area contributed by atoms with Crippen molar-refractivity contribution in [2.75, 3.05) is 12.4 Å². The van der Waals surface area contributed by atoms with Gasteiger partial charge in [0.2, 0.25) is 0 Å². The van der Waals surface area contributed by atoms with Gasteiger partial charge in [0.05, 0.1) is 22.7 Å². The highest BCUT2D eigenvalue weighted by molar-refractivity contribution is 6.39. The van der Waals surface area contributed by atoms with Crippen LogP contribution in [0.15, 0.2) is 85.1 Å². The first-order valence-corrected chi connectivity index (χ1v) is 14.8. The topological polar surface area (TPSA) is 80.3 Å². The Balaban J connectivity index is 1.44. The van der Waals surface area contributed by atoms with Crippen molar-refractivity contribution in [1.82, 2.24) is 10.3 Å². The van der Waals surface area contributed by atoms with E-state index in [-0.39, 0.29) is 22.0 Å². The van der Waals surface area contributed by atoms with Gasteiger partial charge in [-0.1, -0.05) is 71.7 Å². The highest BCUT2D eigenvalue weighted by atomic mass is 35.5. The number of fused-ring (bicyclic) bond motifs is 1. The summed E-state index contributed by atoms with van der Waals surface area (Å²) in [7, 11) is 1.05. The Labute approximate surface area is 279 Å². The number of esters is 1. The van der Waals surface area contributed by atoms with E-state index in [0.29, 0.717) is 39.7 Å². The second-order valence-corrected chi connectivity index (χ2v) is 11.3. The van der Waals surface area contributed by atoms with E-state index in [1.54, 1.807) is 24.3 Å². The molecule has 0 bridgehead atoms. The Bertz CT molecular complexity index is 1960. The Morgan fingerprint density at radius 3 is 2.15 bits per heavy atom. The van der Waals surface area contributed by atoms with Gasteiger partial charge in [-0.05, 0) is 41.5 Å². The van der Waals surface area contributed by atoms with Gasteiger partial charge in [0.15, 0.2) is 0 Å². The van der Waals surface area contributed by atoms with Crippen molar-refractivity contribution in [1.29, 1.82) is 0 Å². The summed E-state index contributed by atoms with van der Waals surface area (Å²) in [6.07, 6.45) is -3.58. The Morgan fingerprint density at radius 2 is 1.54 bits per heavy atom. The van der Waals surface area contributed by atoms with E-state index in [0.717, 1.165) is 19.2 Å². The quantitative estimate of drug-likeness (QED) is 0.118. The number of halogens is 8. The predicted molar refractivity (Wildman–Crippen MR) is 169 cm³/mol. The molecule has 48 heavy (non-hydrogen) atoms. The molecule has 0 aliphatic heterocycles. The Hall–Kier alpha value is -4.81. The molecule has 2 atom stereocenters. The van der Waals surface area contributed by atoms with Crippen molar-refractivity contribution >= 4 is 51.7 Å². The maximum absolute atomic E-state index is 15.2. The average molecular weight is 706 g/mol. The molecule has 5 rings (SSSR count). The number of amides is 1. The lowest BCUT2D eigenvalue weighted by molar-refractivity contribution is -0.144. The van der Waals surface area contributed by atoms with Crippen LogP contribution in [0.3, 0.4) is 0 Å². The number of nitrogens with zero attached hydrogens (tertiary/aromatic N) is 1. The molecule has 14 heteroatoms. The fraction of sp³-hybridized carbons (Fsp3) is 0.147. The van der Waals surface area contributed by atoms with E-state index in [2.05, 4.69) is 15.6 Å². The highest BCUT2D eigenvalue weighted by Crippen LogP contribution is 2.40. The first-order valence-electron chi connectivity index (χ1n) is 14.1. The van der Waals surface area contributed by atoms with E-state index in [9.17, 15) is 27.2 Å². The molecule has 248 valence electrons. The standard InChI is InChI=1S/C34H23Cl2F6N3O3/c1-48-33(47)27(12-18-9-10-22(30-21(18)8-5-11-43-30)28-23(35)13-19(37)14-24(28)36)45-32(46)29-25(38)15-20(16-26(29)39)44-31(34(40,41)42)17-6-3-2-4-7-17/h2-11,13-16,27,31,44H,12H2,1H3,(H,45,46)/t27-,31+/m0/s1. The van der Waals surface area contributed by atoms with Gasteiger partial charge in [-0.15, -0.1) is 0 Å². The first kappa shape index (κ1) is 34.5. The number of anilines is 1. The molecule has 0 saturated heterocycles. The van der Waals surface area contributed by atoms with Crippen LogP contribution in [0, 0.1) is 17.5 Å². The number of carbonyl (C=O) groups excluding carboxylic acids is 2. The molecule has 1 amide bonds. The molecule has 0 spiro atoms. The zero-order chi connectivity index (χ0) is 34.7. The lowest BCUT2D eigenvalue weighted by Gasteiger charge is -2.23. The number of nitrogens with one attached hydrogen (secondary N) is 2. The third-order valence-corrected chi connectivity index (χ3v) is 7.99. The molecule has 0 fully saturated rings. The fourth-order valence-corrected chi connectivity index (χ4v) is 5.90. The lowest BCUT2D eigenvalue weighted by atomic mass is 9.95. The average Bonchev–Trinajstić information content (AvgIpc) is 3.03. The number of methoxy groups -OCH3 is 1. The summed E-state index contributed by atoms with van der Waals surface area (Å²) >= 11 is 12.6. The normalized spacial score (nSPS) is 12.8. The zero-order valence-electron chi connectivity index (χ0n) is 24.6. The lowest BCUT2D eigenvalue weighted by Crippen LogP contribution is -2.43. The molecule has 1 heterocycles. The maximum Gasteiger partial charge on any atom is 0.412 e. The summed E-state index contributed by atoms with van der Waals surface area (Å²) in [4.78, 5) is 30.3. The molecule has 0 unspecified atom stereocenters. The van der Waals surface area contributed by atoms with Crippen LogP contribution in [-0.2, 0) is 16.0 Å². The number of hydrogen-bond donors (Lipinski definition) is 2. The van der Waals surface area contributed by atoms with Gasteiger partial charge in [-0.3, -0.25) is 9.78 Å². The van der Waals surface area contributed by atoms with Crippen molar-refractivity contribution in [3.8, 4) is 11.1 Å². The minimum absolute atomic E-state index is 0.0265. The van der Waals surface area contributed by atoms with Crippen molar-refractivity contribution in [3.05, 3.63) is 129 Å². The number of ether oxygens (including phenoxy) is 1. The van der Waals surface area contributed by atoms with Crippen LogP contribution in [0.25, 0.3) is 22.0 Å². The monoisotopic (exact) mass is 705 g/mol. The summed E-state index contributed by atoms with van der Waals surface area (Å²) in [5.74, 6) is -5.90. The Kier molecular flexibility index (Phi) is 10.2. The van der Waals surface area contributed by atoms with E-state index in [1.807, 2.05) is 0 Å². The van der Waals surface area contributed by atoms with Gasteiger partial charge >= 0.3 is 12.1 Å². The van der Waals surface area contributed by atoms with Gasteiger partial charge in [0.1, 0.15) is 35.1 Å². The van der Waals surface area contributed by atoms with Crippen LogP contribution in [-0.4, -0.2) is 36.2 Å². The fourth-order valence-electron chi connectivity index (χ4n) is 5.24. The number of carbonyl (C=O) groups is 2. The van der Waals surface area contributed by atoms with Gasteiger partial charge in [0, 0.05) is 34.8 Å². The van der Waals surface area contributed by atoms with Gasteiger partial charge in [0.25, 0.3) is 5.91 Å². The van der Waals surface area contributed by atoms with Crippen molar-refractivity contribution in [3.63, 3.8) is 0 Å². The number of benzene rings is 4. The van der Waals surface area contributed by atoms with Gasteiger partial charge in [-0.2, -0.15) is 13.2 Å². The number of aromatic nitrogens is 1. The molecule has 0 saturated carbocycles. The van der Waals surface area contributed by atoms with E-state index < -0.39 is 58.8 Å². The van der Waals surface area contributed by atoms with Gasteiger partial charge < -0.3 is 15.4 Å². The van der Waals surface area contributed by atoms with Gasteiger partial charge in [-0.25, -0.2) is 18.0 Å². The van der Waals surface area contributed by atoms with Crippen LogP contribution in [0.5, 0.6) is 0 Å². The van der Waals surface area contributed by atoms with Crippen molar-refractivity contribution in [2.45, 2.75) is 24.7 Å². The van der Waals surface area contributed by atoms with Crippen molar-refractivity contribution in [2.24, 2.45) is 0 Å². The van der Waals surface area contributed by atoms with Crippen LogP contribution < -0.4 is 10.6 Å². The minimum atomic E-state index is -4.83. The first-order chi connectivity index (χ1) is 22.8. The second kappa shape index (κ2) is 14.1. The van der Waals surface area contributed by atoms with Crippen LogP contribution in [0.1, 0.15) is 27.5 Å². The van der Waals surface area contributed by atoms with Crippen LogP contribution in [0.2, 0.25) is 10.0 Å². The Morgan fingerprint density at radius 1 is 0.896 bits per heavy atom. The molecule has 1 aromatic heterocycles. The zero-order valence-corrected chi connectivity index (χ0v) is 26.2. The highest BCUT2D eigenvalue weighted by Gasteiger charge is 2.41. The summed E-state index contributed by atoms with van der Waals surface area (Å²) in [5, 5.41) is 4.88. The van der Waals surface area contributed by atoms with Crippen LogP contribution >= 0.6 is 23.2 Å². The largest absolute Gasteiger partial charge is 0.467 e. The predicted octanol–water partition coefficient (Wildman–Crippen LogP) is 8.86. The molecule has 4 aromatic carbocycles. The van der Waals surface area contributed by atoms with Crippen LogP contribution in [0.4, 0.5) is 32.0 Å². The summed E-state index contributed by atoms with van der Waals surface area (Å²) < 4.78 is 90.4. The second-order valence-electron chi connectivity index (χ2n) is 10.5. The molecule has 0 aliphatic rings. The molecule has 2 N–H and O–H groups in total. The van der Waals surface area contributed by atoms with E-state index in [4.69, 9.17) is 27.9 Å². The van der Waals surface area contributed by atoms with Crippen molar-refractivity contribution < 1.29 is 40.7 Å². The molecular formula is C34H23Cl2F6N3O3. The number of rotatable bonds is 9. The molecule has 0 radical (unpaired) electrons. The summed E-state index contributed by atoms with van der Waals surface area (Å²) in [6.45, 7) is 0. The number of pyridine rings is 1. The third-order valence-electron chi connectivity index (χ3n) is 7.39. The molecule has 5 aromatic rings. The van der Waals surface area contributed by atoms with E-state index >= 15 is 8.78 Å². The molecular weight excluding hydrogens is 683 g/mol. The maximum atomic E-state index is 15.2. The number of alkyl halides is 3. The molecule has 6 nitrogen and oxygen atoms in total. The summed E-state index contributed by atoms with van der Waals surface area (Å²) in [5.41, 5.74) is -0.325. The minimum Gasteiger partial charge on any atom is -0.467 e. The smallest absolute Gasteiger partial charge is 0.412 e. The SMILES string of the molecule is COC(=O)[C@H](Cc1ccc(-c2c(Cl)cc(F)cc2Cl)c2ncccc12)NC(=O)c1c(F)cc(N[C@H](c2ccccc2)C(F)(F)F)cc1F.